The molecule has 0 radical (unpaired) electrons. The highest BCUT2D eigenvalue weighted by atomic mass is 127. The molecule has 1 heterocycles. The molecule has 0 aliphatic carbocycles. The number of benzene rings is 1. The lowest BCUT2D eigenvalue weighted by molar-refractivity contribution is 0.810. The lowest BCUT2D eigenvalue weighted by Gasteiger charge is -2.11. The van der Waals surface area contributed by atoms with Crippen LogP contribution < -0.4 is 10.6 Å². The third kappa shape index (κ3) is 8.22. The van der Waals surface area contributed by atoms with Gasteiger partial charge in [0.2, 0.25) is 0 Å². The summed E-state index contributed by atoms with van der Waals surface area (Å²) in [5, 5.41) is 6.65. The zero-order valence-corrected chi connectivity index (χ0v) is 16.4. The fourth-order valence-corrected chi connectivity index (χ4v) is 2.74. The van der Waals surface area contributed by atoms with Crippen LogP contribution in [0.3, 0.4) is 0 Å². The summed E-state index contributed by atoms with van der Waals surface area (Å²) >= 11 is 1.84. The molecule has 6 heteroatoms. The molecule has 1 aromatic carbocycles. The fraction of sp³-hybridized carbons (Fsp3) is 0.294. The molecule has 0 atom stereocenters. The molecule has 1 aromatic heterocycles. The quantitative estimate of drug-likeness (QED) is 0.227. The molecule has 0 aliphatic rings. The van der Waals surface area contributed by atoms with Crippen LogP contribution in [0, 0.1) is 0 Å². The number of aromatic nitrogens is 1. The lowest BCUT2D eigenvalue weighted by Crippen LogP contribution is -2.39. The third-order valence-corrected chi connectivity index (χ3v) is 4.07. The standard InChI is InChI=1S/C17H22N4S.HI/c1-18-17(20-11-9-15-6-5-10-19-14-15)21-12-13-22-16-7-3-2-4-8-16;/h2-8,10,14H,9,11-13H2,1H3,(H2,18,20,21);1H. The zero-order valence-electron chi connectivity index (χ0n) is 13.2. The Kier molecular flexibility index (Phi) is 10.5. The Labute approximate surface area is 159 Å². The van der Waals surface area contributed by atoms with Crippen LogP contribution >= 0.6 is 35.7 Å². The summed E-state index contributed by atoms with van der Waals surface area (Å²) in [6.45, 7) is 1.73. The Balaban J connectivity index is 0.00000264. The van der Waals surface area contributed by atoms with Crippen molar-refractivity contribution in [3.05, 3.63) is 60.4 Å². The minimum absolute atomic E-state index is 0. The van der Waals surface area contributed by atoms with E-state index in [9.17, 15) is 0 Å². The average Bonchev–Trinajstić information content (AvgIpc) is 2.59. The van der Waals surface area contributed by atoms with Crippen molar-refractivity contribution >= 4 is 41.7 Å². The predicted octanol–water partition coefficient (Wildman–Crippen LogP) is 3.20. The van der Waals surface area contributed by atoms with Gasteiger partial charge in [0, 0.05) is 43.2 Å². The second kappa shape index (κ2) is 12.2. The minimum atomic E-state index is 0. The summed E-state index contributed by atoms with van der Waals surface area (Å²) in [7, 11) is 1.80. The first-order valence-electron chi connectivity index (χ1n) is 7.40. The van der Waals surface area contributed by atoms with E-state index in [0.29, 0.717) is 0 Å². The van der Waals surface area contributed by atoms with Gasteiger partial charge in [-0.3, -0.25) is 9.98 Å². The Morgan fingerprint density at radius 2 is 1.87 bits per heavy atom. The number of aliphatic imine (C=N–C) groups is 1. The van der Waals surface area contributed by atoms with Crippen molar-refractivity contribution in [3.63, 3.8) is 0 Å². The van der Waals surface area contributed by atoms with Crippen LogP contribution in [0.1, 0.15) is 5.56 Å². The maximum absolute atomic E-state index is 4.23. The summed E-state index contributed by atoms with van der Waals surface area (Å²) in [4.78, 5) is 9.64. The molecule has 0 saturated carbocycles. The molecule has 0 saturated heterocycles. The summed E-state index contributed by atoms with van der Waals surface area (Å²) in [5.74, 6) is 1.85. The van der Waals surface area contributed by atoms with Crippen LogP contribution in [0.2, 0.25) is 0 Å². The number of nitrogens with one attached hydrogen (secondary N) is 2. The van der Waals surface area contributed by atoms with Crippen molar-refractivity contribution < 1.29 is 0 Å². The minimum Gasteiger partial charge on any atom is -0.356 e. The molecule has 2 aromatic rings. The Morgan fingerprint density at radius 3 is 2.57 bits per heavy atom. The highest BCUT2D eigenvalue weighted by molar-refractivity contribution is 14.0. The fourth-order valence-electron chi connectivity index (χ4n) is 1.95. The molecule has 23 heavy (non-hydrogen) atoms. The molecular formula is C17H23IN4S. The molecule has 0 aliphatic heterocycles. The third-order valence-electron chi connectivity index (χ3n) is 3.06. The van der Waals surface area contributed by atoms with E-state index in [-0.39, 0.29) is 24.0 Å². The van der Waals surface area contributed by atoms with Crippen LogP contribution in [-0.4, -0.2) is 36.8 Å². The summed E-state index contributed by atoms with van der Waals surface area (Å²) in [5.41, 5.74) is 1.23. The normalized spacial score (nSPS) is 10.7. The van der Waals surface area contributed by atoms with Gasteiger partial charge >= 0.3 is 0 Å². The average molecular weight is 442 g/mol. The Hall–Kier alpha value is -1.28. The van der Waals surface area contributed by atoms with Crippen molar-refractivity contribution in [2.45, 2.75) is 11.3 Å². The van der Waals surface area contributed by atoms with Crippen molar-refractivity contribution in [3.8, 4) is 0 Å². The van der Waals surface area contributed by atoms with E-state index in [1.54, 1.807) is 13.2 Å². The van der Waals surface area contributed by atoms with Crippen LogP contribution in [0.4, 0.5) is 0 Å². The van der Waals surface area contributed by atoms with Crippen LogP contribution in [0.5, 0.6) is 0 Å². The number of halogens is 1. The van der Waals surface area contributed by atoms with Gasteiger partial charge in [0.15, 0.2) is 5.96 Å². The molecule has 0 bridgehead atoms. The van der Waals surface area contributed by atoms with Gasteiger partial charge in [0.25, 0.3) is 0 Å². The van der Waals surface area contributed by atoms with Crippen LogP contribution in [0.25, 0.3) is 0 Å². The molecule has 0 spiro atoms. The van der Waals surface area contributed by atoms with Gasteiger partial charge in [0.05, 0.1) is 0 Å². The van der Waals surface area contributed by atoms with E-state index in [2.05, 4.69) is 50.9 Å². The van der Waals surface area contributed by atoms with E-state index >= 15 is 0 Å². The number of thioether (sulfide) groups is 1. The number of hydrogen-bond donors (Lipinski definition) is 2. The maximum atomic E-state index is 4.23. The van der Waals surface area contributed by atoms with Crippen molar-refractivity contribution in [2.24, 2.45) is 4.99 Å². The number of nitrogens with zero attached hydrogens (tertiary/aromatic N) is 2. The van der Waals surface area contributed by atoms with E-state index in [4.69, 9.17) is 0 Å². The largest absolute Gasteiger partial charge is 0.356 e. The van der Waals surface area contributed by atoms with Gasteiger partial charge in [-0.05, 0) is 30.2 Å². The zero-order chi connectivity index (χ0) is 15.5. The van der Waals surface area contributed by atoms with Gasteiger partial charge < -0.3 is 10.6 Å². The highest BCUT2D eigenvalue weighted by Gasteiger charge is 1.98. The monoisotopic (exact) mass is 442 g/mol. The van der Waals surface area contributed by atoms with Gasteiger partial charge in [-0.2, -0.15) is 0 Å². The Morgan fingerprint density at radius 1 is 1.09 bits per heavy atom. The summed E-state index contributed by atoms with van der Waals surface area (Å²) in [6, 6.07) is 14.5. The first-order chi connectivity index (χ1) is 10.9. The summed E-state index contributed by atoms with van der Waals surface area (Å²) in [6.07, 6.45) is 4.63. The maximum Gasteiger partial charge on any atom is 0.191 e. The second-order valence-electron chi connectivity index (χ2n) is 4.70. The molecule has 0 amide bonds. The highest BCUT2D eigenvalue weighted by Crippen LogP contribution is 2.15. The topological polar surface area (TPSA) is 49.3 Å². The second-order valence-corrected chi connectivity index (χ2v) is 5.87. The van der Waals surface area contributed by atoms with Crippen molar-refractivity contribution in [1.82, 2.24) is 15.6 Å². The van der Waals surface area contributed by atoms with Gasteiger partial charge in [0.1, 0.15) is 0 Å². The van der Waals surface area contributed by atoms with Gasteiger partial charge in [-0.15, -0.1) is 35.7 Å². The SMILES string of the molecule is CN=C(NCCSc1ccccc1)NCCc1cccnc1.I. The smallest absolute Gasteiger partial charge is 0.191 e. The van der Waals surface area contributed by atoms with E-state index in [1.807, 2.05) is 30.1 Å². The van der Waals surface area contributed by atoms with Gasteiger partial charge in [-0.25, -0.2) is 0 Å². The van der Waals surface area contributed by atoms with E-state index in [0.717, 1.165) is 31.2 Å². The van der Waals surface area contributed by atoms with Crippen molar-refractivity contribution in [1.29, 1.82) is 0 Å². The lowest BCUT2D eigenvalue weighted by atomic mass is 10.2. The molecular weight excluding hydrogens is 419 g/mol. The number of rotatable bonds is 7. The predicted molar refractivity (Wildman–Crippen MR) is 110 cm³/mol. The van der Waals surface area contributed by atoms with Gasteiger partial charge in [-0.1, -0.05) is 24.3 Å². The number of guanidine groups is 1. The molecule has 4 nitrogen and oxygen atoms in total. The first-order valence-corrected chi connectivity index (χ1v) is 8.38. The number of pyridine rings is 1. The van der Waals surface area contributed by atoms with Crippen molar-refractivity contribution in [2.75, 3.05) is 25.9 Å². The Bertz CT molecular complexity index is 563. The summed E-state index contributed by atoms with van der Waals surface area (Å²) < 4.78 is 0. The van der Waals surface area contributed by atoms with Crippen LogP contribution in [0.15, 0.2) is 64.7 Å². The molecule has 0 unspecified atom stereocenters. The van der Waals surface area contributed by atoms with Crippen LogP contribution in [-0.2, 0) is 6.42 Å². The first kappa shape index (κ1) is 19.8. The molecule has 2 rings (SSSR count). The molecule has 124 valence electrons. The molecule has 2 N–H and O–H groups in total. The van der Waals surface area contributed by atoms with E-state index < -0.39 is 0 Å². The molecule has 0 fully saturated rings. The van der Waals surface area contributed by atoms with E-state index in [1.165, 1.54) is 10.5 Å². The number of hydrogen-bond acceptors (Lipinski definition) is 3.